The van der Waals surface area contributed by atoms with Crippen LogP contribution in [0.5, 0.6) is 0 Å². The maximum atomic E-state index is 10.4. The summed E-state index contributed by atoms with van der Waals surface area (Å²) in [6, 6.07) is -1.64. The maximum absolute atomic E-state index is 10.4. The van der Waals surface area contributed by atoms with E-state index in [-0.39, 0.29) is 12.8 Å². The molecule has 0 aromatic rings. The highest BCUT2D eigenvalue weighted by atomic mass is 32.3. The molecule has 102 valence electrons. The Morgan fingerprint density at radius 2 is 1.82 bits per heavy atom. The van der Waals surface area contributed by atoms with E-state index in [0.717, 1.165) is 0 Å². The number of quaternary nitrogens is 2. The molecule has 10 heteroatoms. The summed E-state index contributed by atoms with van der Waals surface area (Å²) in [5.74, 6) is -1.08. The Bertz CT molecular complexity index is 344. The fourth-order valence-electron chi connectivity index (χ4n) is 1.02. The van der Waals surface area contributed by atoms with Gasteiger partial charge in [-0.25, -0.2) is 8.98 Å². The summed E-state index contributed by atoms with van der Waals surface area (Å²) in [6.45, 7) is -0.477. The van der Waals surface area contributed by atoms with Gasteiger partial charge < -0.3 is 21.7 Å². The van der Waals surface area contributed by atoms with Crippen molar-refractivity contribution in [3.63, 3.8) is 0 Å². The molecule has 0 aromatic carbocycles. The van der Waals surface area contributed by atoms with Gasteiger partial charge in [0.2, 0.25) is 0 Å². The number of aliphatic hydroxyl groups excluding tert-OH is 1. The lowest BCUT2D eigenvalue weighted by atomic mass is 10.0. The Hall–Kier alpha value is -0.780. The maximum Gasteiger partial charge on any atom is 0.397 e. The Morgan fingerprint density at radius 1 is 1.29 bits per heavy atom. The molecule has 0 aliphatic carbocycles. The zero-order valence-corrected chi connectivity index (χ0v) is 9.97. The number of hydrogen-bond donors (Lipinski definition) is 5. The van der Waals surface area contributed by atoms with E-state index in [1.165, 1.54) is 0 Å². The fraction of sp³-hybridized carbons (Fsp3) is 0.857. The molecule has 0 unspecified atom stereocenters. The molecule has 0 spiro atoms. The second-order valence-electron chi connectivity index (χ2n) is 3.65. The summed E-state index contributed by atoms with van der Waals surface area (Å²) in [6.07, 6.45) is -0.793. The van der Waals surface area contributed by atoms with Crippen LogP contribution in [0.3, 0.4) is 0 Å². The lowest BCUT2D eigenvalue weighted by Gasteiger charge is -2.15. The normalized spacial score (nSPS) is 17.4. The number of carboxylic acid groups (broad SMARTS) is 1. The standard InChI is InChI=1S/C7H16N2O7S/c8-4(7(11)12)1-2-6(10)5(9)3-16-17(13,14)15/h4-6,10H,1-3,8-9H2,(H,11,12)(H,13,14,15)/p+2/t4-,5-,6-/m0/s1. The molecular formula is C7H18N2O7S+2. The second kappa shape index (κ2) is 6.83. The summed E-state index contributed by atoms with van der Waals surface area (Å²) < 4.78 is 32.8. The summed E-state index contributed by atoms with van der Waals surface area (Å²) in [7, 11) is -4.55. The Balaban J connectivity index is 3.98. The summed E-state index contributed by atoms with van der Waals surface area (Å²) in [5.41, 5.74) is 6.80. The highest BCUT2D eigenvalue weighted by molar-refractivity contribution is 7.80. The van der Waals surface area contributed by atoms with Gasteiger partial charge in [0.05, 0.1) is 0 Å². The molecule has 0 radical (unpaired) electrons. The van der Waals surface area contributed by atoms with Crippen LogP contribution in [0, 0.1) is 0 Å². The molecule has 0 saturated heterocycles. The van der Waals surface area contributed by atoms with E-state index in [9.17, 15) is 18.3 Å². The number of carbonyl (C=O) groups is 1. The molecule has 3 atom stereocenters. The average molecular weight is 274 g/mol. The minimum atomic E-state index is -4.55. The van der Waals surface area contributed by atoms with Crippen molar-refractivity contribution in [2.45, 2.75) is 31.0 Å². The molecule has 0 rings (SSSR count). The van der Waals surface area contributed by atoms with Crippen LogP contribution in [-0.2, 0) is 19.4 Å². The molecule has 0 aliphatic heterocycles. The van der Waals surface area contributed by atoms with Gasteiger partial charge in [-0.1, -0.05) is 0 Å². The fourth-order valence-corrected chi connectivity index (χ4v) is 1.36. The molecule has 0 fully saturated rings. The van der Waals surface area contributed by atoms with Crippen molar-refractivity contribution >= 4 is 16.4 Å². The van der Waals surface area contributed by atoms with Crippen LogP contribution in [0.15, 0.2) is 0 Å². The van der Waals surface area contributed by atoms with Gasteiger partial charge in [0.15, 0.2) is 6.04 Å². The van der Waals surface area contributed by atoms with Crippen molar-refractivity contribution in [1.29, 1.82) is 0 Å². The number of aliphatic hydroxyl groups is 1. The number of rotatable bonds is 8. The molecule has 9 N–H and O–H groups in total. The molecule has 0 bridgehead atoms. The minimum absolute atomic E-state index is 0.101. The highest BCUT2D eigenvalue weighted by Gasteiger charge is 2.24. The quantitative estimate of drug-likeness (QED) is 0.282. The van der Waals surface area contributed by atoms with Gasteiger partial charge in [0.1, 0.15) is 18.8 Å². The van der Waals surface area contributed by atoms with Crippen molar-refractivity contribution in [2.75, 3.05) is 6.61 Å². The lowest BCUT2D eigenvalue weighted by molar-refractivity contribution is -0.443. The minimum Gasteiger partial charge on any atom is -0.477 e. The van der Waals surface area contributed by atoms with Gasteiger partial charge in [0, 0.05) is 6.42 Å². The third kappa shape index (κ3) is 8.01. The van der Waals surface area contributed by atoms with Crippen LogP contribution >= 0.6 is 0 Å². The van der Waals surface area contributed by atoms with Gasteiger partial charge in [-0.15, -0.1) is 0 Å². The molecule has 0 aromatic heterocycles. The van der Waals surface area contributed by atoms with Crippen molar-refractivity contribution in [3.05, 3.63) is 0 Å². The van der Waals surface area contributed by atoms with E-state index in [0.29, 0.717) is 0 Å². The first-order valence-corrected chi connectivity index (χ1v) is 6.19. The van der Waals surface area contributed by atoms with Crippen molar-refractivity contribution in [1.82, 2.24) is 0 Å². The van der Waals surface area contributed by atoms with Gasteiger partial charge in [-0.05, 0) is 6.42 Å². The van der Waals surface area contributed by atoms with Gasteiger partial charge in [0.25, 0.3) is 0 Å². The second-order valence-corrected chi connectivity index (χ2v) is 4.74. The third-order valence-electron chi connectivity index (χ3n) is 2.14. The zero-order chi connectivity index (χ0) is 13.6. The van der Waals surface area contributed by atoms with E-state index in [2.05, 4.69) is 15.7 Å². The van der Waals surface area contributed by atoms with Crippen LogP contribution in [0.2, 0.25) is 0 Å². The van der Waals surface area contributed by atoms with Crippen molar-refractivity contribution in [2.24, 2.45) is 0 Å². The largest absolute Gasteiger partial charge is 0.477 e. The first-order valence-electron chi connectivity index (χ1n) is 4.82. The number of hydrogen-bond acceptors (Lipinski definition) is 5. The van der Waals surface area contributed by atoms with E-state index in [1.807, 2.05) is 0 Å². The Labute approximate surface area is 98.3 Å². The molecule has 0 heterocycles. The zero-order valence-electron chi connectivity index (χ0n) is 9.15. The van der Waals surface area contributed by atoms with Gasteiger partial charge in [-0.2, -0.15) is 8.42 Å². The van der Waals surface area contributed by atoms with Crippen LogP contribution in [0.1, 0.15) is 12.8 Å². The number of aliphatic carboxylic acids is 1. The van der Waals surface area contributed by atoms with Crippen molar-refractivity contribution in [3.8, 4) is 0 Å². The molecule has 0 aliphatic rings. The van der Waals surface area contributed by atoms with E-state index in [4.69, 9.17) is 9.66 Å². The first kappa shape index (κ1) is 16.2. The summed E-state index contributed by atoms with van der Waals surface area (Å²) >= 11 is 0. The monoisotopic (exact) mass is 274 g/mol. The average Bonchev–Trinajstić information content (AvgIpc) is 2.20. The Morgan fingerprint density at radius 3 is 2.24 bits per heavy atom. The number of carboxylic acids is 1. The van der Waals surface area contributed by atoms with E-state index < -0.39 is 41.2 Å². The van der Waals surface area contributed by atoms with Crippen LogP contribution in [0.25, 0.3) is 0 Å². The Kier molecular flexibility index (Phi) is 6.52. The molecule has 17 heavy (non-hydrogen) atoms. The summed E-state index contributed by atoms with van der Waals surface area (Å²) in [5, 5.41) is 18.1. The van der Waals surface area contributed by atoms with Crippen LogP contribution < -0.4 is 11.5 Å². The highest BCUT2D eigenvalue weighted by Crippen LogP contribution is 2.03. The van der Waals surface area contributed by atoms with Crippen LogP contribution in [-0.4, -0.2) is 53.9 Å². The predicted octanol–water partition coefficient (Wildman–Crippen LogP) is -3.75. The third-order valence-corrected chi connectivity index (χ3v) is 2.57. The summed E-state index contributed by atoms with van der Waals surface area (Å²) in [4.78, 5) is 10.4. The smallest absolute Gasteiger partial charge is 0.397 e. The topological polar surface area (TPSA) is 176 Å². The van der Waals surface area contributed by atoms with Crippen molar-refractivity contribution < 1.29 is 43.6 Å². The van der Waals surface area contributed by atoms with E-state index in [1.54, 1.807) is 0 Å². The SMILES string of the molecule is [NH3+][C@@H](CC[C@H](O)[C@@H]([NH3+])COS(=O)(=O)O)C(=O)O. The molecular weight excluding hydrogens is 256 g/mol. The lowest BCUT2D eigenvalue weighted by Crippen LogP contribution is -2.69. The predicted molar refractivity (Wildman–Crippen MR) is 53.7 cm³/mol. The van der Waals surface area contributed by atoms with Crippen LogP contribution in [0.4, 0.5) is 0 Å². The van der Waals surface area contributed by atoms with E-state index >= 15 is 0 Å². The van der Waals surface area contributed by atoms with Gasteiger partial charge in [-0.3, -0.25) is 4.55 Å². The van der Waals surface area contributed by atoms with Gasteiger partial charge >= 0.3 is 16.4 Å². The molecule has 0 amide bonds. The first-order chi connectivity index (χ1) is 7.63. The molecule has 9 nitrogen and oxygen atoms in total. The molecule has 0 saturated carbocycles.